The zero-order chi connectivity index (χ0) is 16.4. The van der Waals surface area contributed by atoms with Crippen LogP contribution in [0.3, 0.4) is 0 Å². The lowest BCUT2D eigenvalue weighted by Gasteiger charge is -2.09. The van der Waals surface area contributed by atoms with Crippen molar-refractivity contribution < 1.29 is 14.7 Å². The largest absolute Gasteiger partial charge is 0.478 e. The topological polar surface area (TPSA) is 66.4 Å². The molecule has 1 amide bonds. The van der Waals surface area contributed by atoms with Crippen molar-refractivity contribution in [2.45, 2.75) is 65.2 Å². The van der Waals surface area contributed by atoms with Gasteiger partial charge in [0, 0.05) is 12.1 Å². The molecule has 0 aliphatic carbocycles. The van der Waals surface area contributed by atoms with E-state index >= 15 is 0 Å². The number of carboxylic acids is 1. The molecule has 0 fully saturated rings. The van der Waals surface area contributed by atoms with Crippen LogP contribution < -0.4 is 5.32 Å². The monoisotopic (exact) mass is 305 g/mol. The highest BCUT2D eigenvalue weighted by molar-refractivity contribution is 5.94. The predicted molar refractivity (Wildman–Crippen MR) is 89.4 cm³/mol. The fourth-order valence-corrected chi connectivity index (χ4v) is 2.35. The fraction of sp³-hybridized carbons (Fsp3) is 0.556. The van der Waals surface area contributed by atoms with E-state index in [9.17, 15) is 9.59 Å². The summed E-state index contributed by atoms with van der Waals surface area (Å²) in [6, 6.07) is 4.77. The SMILES string of the molecule is CCCCCCCCCC(=O)Nc1cc(C(=O)O)ccc1C. The summed E-state index contributed by atoms with van der Waals surface area (Å²) >= 11 is 0. The number of hydrogen-bond donors (Lipinski definition) is 2. The van der Waals surface area contributed by atoms with Crippen LogP contribution in [0.1, 0.15) is 74.2 Å². The van der Waals surface area contributed by atoms with Crippen molar-refractivity contribution in [2.75, 3.05) is 5.32 Å². The lowest BCUT2D eigenvalue weighted by Crippen LogP contribution is -2.12. The third-order valence-corrected chi connectivity index (χ3v) is 3.77. The maximum atomic E-state index is 11.9. The zero-order valence-corrected chi connectivity index (χ0v) is 13.7. The highest BCUT2D eigenvalue weighted by Crippen LogP contribution is 2.18. The lowest BCUT2D eigenvalue weighted by molar-refractivity contribution is -0.116. The highest BCUT2D eigenvalue weighted by Gasteiger charge is 2.09. The molecule has 0 bridgehead atoms. The minimum atomic E-state index is -0.984. The van der Waals surface area contributed by atoms with Crippen LogP contribution in [-0.4, -0.2) is 17.0 Å². The Kier molecular flexibility index (Phi) is 8.26. The van der Waals surface area contributed by atoms with E-state index in [4.69, 9.17) is 5.11 Å². The summed E-state index contributed by atoms with van der Waals surface area (Å²) in [7, 11) is 0. The average molecular weight is 305 g/mol. The van der Waals surface area contributed by atoms with E-state index < -0.39 is 5.97 Å². The minimum absolute atomic E-state index is 0.0424. The summed E-state index contributed by atoms with van der Waals surface area (Å²) in [5.41, 5.74) is 1.66. The number of unbranched alkanes of at least 4 members (excludes halogenated alkanes) is 6. The first-order valence-electron chi connectivity index (χ1n) is 8.18. The molecule has 0 aromatic heterocycles. The van der Waals surface area contributed by atoms with Crippen molar-refractivity contribution in [2.24, 2.45) is 0 Å². The fourth-order valence-electron chi connectivity index (χ4n) is 2.35. The number of anilines is 1. The number of carbonyl (C=O) groups is 2. The number of carbonyl (C=O) groups excluding carboxylic acids is 1. The van der Waals surface area contributed by atoms with Crippen LogP contribution in [-0.2, 0) is 4.79 Å². The maximum absolute atomic E-state index is 11.9. The van der Waals surface area contributed by atoms with E-state index in [2.05, 4.69) is 12.2 Å². The Balaban J connectivity index is 2.33. The molecule has 0 aliphatic rings. The van der Waals surface area contributed by atoms with Gasteiger partial charge in [0.15, 0.2) is 0 Å². The van der Waals surface area contributed by atoms with Crippen LogP contribution in [0.4, 0.5) is 5.69 Å². The van der Waals surface area contributed by atoms with Crippen molar-refractivity contribution in [3.63, 3.8) is 0 Å². The van der Waals surface area contributed by atoms with Crippen LogP contribution >= 0.6 is 0 Å². The van der Waals surface area contributed by atoms with E-state index in [1.165, 1.54) is 38.2 Å². The number of aryl methyl sites for hydroxylation is 1. The molecule has 0 spiro atoms. The second kappa shape index (κ2) is 9.98. The molecule has 4 heteroatoms. The number of amides is 1. The van der Waals surface area contributed by atoms with Crippen LogP contribution in [0.25, 0.3) is 0 Å². The molecule has 122 valence electrons. The Bertz CT molecular complexity index is 497. The van der Waals surface area contributed by atoms with Gasteiger partial charge in [0.05, 0.1) is 5.56 Å². The summed E-state index contributed by atoms with van der Waals surface area (Å²) < 4.78 is 0. The Morgan fingerprint density at radius 1 is 1.05 bits per heavy atom. The second-order valence-electron chi connectivity index (χ2n) is 5.75. The molecule has 0 radical (unpaired) electrons. The molecule has 2 N–H and O–H groups in total. The number of rotatable bonds is 10. The molecular formula is C18H27NO3. The first kappa shape index (κ1) is 18.2. The molecule has 0 saturated heterocycles. The molecule has 1 aromatic rings. The molecule has 0 aliphatic heterocycles. The molecule has 4 nitrogen and oxygen atoms in total. The molecule has 1 aromatic carbocycles. The maximum Gasteiger partial charge on any atom is 0.335 e. The molecule has 0 atom stereocenters. The Labute approximate surface area is 132 Å². The van der Waals surface area contributed by atoms with Crippen molar-refractivity contribution in [3.8, 4) is 0 Å². The first-order valence-corrected chi connectivity index (χ1v) is 8.18. The van der Waals surface area contributed by atoms with Crippen molar-refractivity contribution in [1.29, 1.82) is 0 Å². The summed E-state index contributed by atoms with van der Waals surface area (Å²) in [4.78, 5) is 22.9. The summed E-state index contributed by atoms with van der Waals surface area (Å²) in [6.45, 7) is 4.06. The second-order valence-corrected chi connectivity index (χ2v) is 5.75. The Morgan fingerprint density at radius 2 is 1.68 bits per heavy atom. The lowest BCUT2D eigenvalue weighted by atomic mass is 10.1. The average Bonchev–Trinajstić information content (AvgIpc) is 2.48. The van der Waals surface area contributed by atoms with Gasteiger partial charge in [-0.1, -0.05) is 51.5 Å². The normalized spacial score (nSPS) is 10.5. The van der Waals surface area contributed by atoms with Gasteiger partial charge in [-0.2, -0.15) is 0 Å². The van der Waals surface area contributed by atoms with Gasteiger partial charge in [0.2, 0.25) is 5.91 Å². The van der Waals surface area contributed by atoms with Gasteiger partial charge in [-0.3, -0.25) is 4.79 Å². The standard InChI is InChI=1S/C18H27NO3/c1-3-4-5-6-7-8-9-10-17(20)19-16-13-15(18(21)22)12-11-14(16)2/h11-13H,3-10H2,1-2H3,(H,19,20)(H,21,22). The van der Waals surface area contributed by atoms with E-state index in [0.29, 0.717) is 12.1 Å². The van der Waals surface area contributed by atoms with Crippen LogP contribution in [0, 0.1) is 6.92 Å². The van der Waals surface area contributed by atoms with E-state index in [-0.39, 0.29) is 11.5 Å². The van der Waals surface area contributed by atoms with Gasteiger partial charge >= 0.3 is 5.97 Å². The van der Waals surface area contributed by atoms with Gasteiger partial charge in [0.25, 0.3) is 0 Å². The molecule has 0 heterocycles. The van der Waals surface area contributed by atoms with Gasteiger partial charge in [-0.05, 0) is 31.0 Å². The van der Waals surface area contributed by atoms with Crippen LogP contribution in [0.15, 0.2) is 18.2 Å². The number of aromatic carboxylic acids is 1. The summed E-state index contributed by atoms with van der Waals surface area (Å²) in [5, 5.41) is 11.8. The van der Waals surface area contributed by atoms with E-state index in [0.717, 1.165) is 18.4 Å². The summed E-state index contributed by atoms with van der Waals surface area (Å²) in [6.07, 6.45) is 8.70. The number of benzene rings is 1. The van der Waals surface area contributed by atoms with E-state index in [1.807, 2.05) is 6.92 Å². The van der Waals surface area contributed by atoms with Crippen LogP contribution in [0.5, 0.6) is 0 Å². The molecular weight excluding hydrogens is 278 g/mol. The number of nitrogens with one attached hydrogen (secondary N) is 1. The van der Waals surface area contributed by atoms with Crippen molar-refractivity contribution >= 4 is 17.6 Å². The van der Waals surface area contributed by atoms with Gasteiger partial charge in [0.1, 0.15) is 0 Å². The van der Waals surface area contributed by atoms with Crippen molar-refractivity contribution in [1.82, 2.24) is 0 Å². The molecule has 0 unspecified atom stereocenters. The summed E-state index contributed by atoms with van der Waals surface area (Å²) in [5.74, 6) is -1.03. The number of carboxylic acid groups (broad SMARTS) is 1. The van der Waals surface area contributed by atoms with Gasteiger partial charge < -0.3 is 10.4 Å². The van der Waals surface area contributed by atoms with Crippen LogP contribution in [0.2, 0.25) is 0 Å². The van der Waals surface area contributed by atoms with Gasteiger partial charge in [-0.25, -0.2) is 4.79 Å². The smallest absolute Gasteiger partial charge is 0.335 e. The Hall–Kier alpha value is -1.84. The first-order chi connectivity index (χ1) is 10.5. The minimum Gasteiger partial charge on any atom is -0.478 e. The molecule has 1 rings (SSSR count). The van der Waals surface area contributed by atoms with Gasteiger partial charge in [-0.15, -0.1) is 0 Å². The quantitative estimate of drug-likeness (QED) is 0.612. The van der Waals surface area contributed by atoms with E-state index in [1.54, 1.807) is 12.1 Å². The molecule has 0 saturated carbocycles. The predicted octanol–water partition coefficient (Wildman–Crippen LogP) is 4.77. The highest BCUT2D eigenvalue weighted by atomic mass is 16.4. The molecule has 22 heavy (non-hydrogen) atoms. The zero-order valence-electron chi connectivity index (χ0n) is 13.7. The third kappa shape index (κ3) is 6.74. The third-order valence-electron chi connectivity index (χ3n) is 3.77. The van der Waals surface area contributed by atoms with Crippen molar-refractivity contribution in [3.05, 3.63) is 29.3 Å². The number of hydrogen-bond acceptors (Lipinski definition) is 2. The Morgan fingerprint density at radius 3 is 2.32 bits per heavy atom.